The largest absolute Gasteiger partial charge is 2.00 e. The summed E-state index contributed by atoms with van der Waals surface area (Å²) < 4.78 is 62.2. The van der Waals surface area contributed by atoms with Crippen LogP contribution in [0.2, 0.25) is 0 Å². The molecule has 0 atom stereocenters. The number of hydrogen-bond acceptors (Lipinski definition) is 2. The Bertz CT molecular complexity index is 2810. The standard InChI is InChI=1S/C46H27ClF4N4.Ni/c47-46(50,51)45(48,49)32-27-39-42(30-17-9-3-10-18-30)37-24-23-35(53-37)40(28-13-5-1-6-14-28)33-21-22-34(52-33)41(29-15-7-2-8-16-29)36-25-26-38(54-36)43(44(32)55-39)31-19-11-4-12-20-31;/h1-27H;/q-2;+2. The van der Waals surface area contributed by atoms with E-state index in [1.807, 2.05) is 84.9 Å². The molecular formula is C46H27ClF4N4Ni. The van der Waals surface area contributed by atoms with Crippen molar-refractivity contribution in [3.05, 3.63) is 168 Å². The van der Waals surface area contributed by atoms with Crippen LogP contribution in [-0.2, 0) is 16.5 Å². The Hall–Kier alpha value is -6.02. The van der Waals surface area contributed by atoms with E-state index in [4.69, 9.17) is 31.5 Å². The first-order valence-electron chi connectivity index (χ1n) is 17.4. The van der Waals surface area contributed by atoms with Crippen LogP contribution < -0.4 is 9.97 Å². The third kappa shape index (κ3) is 6.47. The fourth-order valence-corrected chi connectivity index (χ4v) is 7.26. The van der Waals surface area contributed by atoms with Gasteiger partial charge in [0.05, 0.1) is 28.3 Å². The minimum absolute atomic E-state index is 0. The molecule has 10 heteroatoms. The van der Waals surface area contributed by atoms with E-state index in [0.717, 1.165) is 22.8 Å². The maximum atomic E-state index is 16.2. The van der Waals surface area contributed by atoms with E-state index in [1.54, 1.807) is 72.8 Å². The molecule has 2 aliphatic rings. The minimum atomic E-state index is -4.95. The maximum absolute atomic E-state index is 16.2. The number of aromatic nitrogens is 4. The first-order valence-corrected chi connectivity index (χ1v) is 17.8. The molecule has 0 amide bonds. The van der Waals surface area contributed by atoms with E-state index in [0.29, 0.717) is 50.2 Å². The Labute approximate surface area is 334 Å². The summed E-state index contributed by atoms with van der Waals surface area (Å²) in [5.74, 6) is -4.84. The fraction of sp³-hybridized carbons (Fsp3) is 0.0435. The first kappa shape index (κ1) is 36.9. The zero-order chi connectivity index (χ0) is 37.7. The maximum Gasteiger partial charge on any atom is 2.00 e. The van der Waals surface area contributed by atoms with E-state index in [2.05, 4.69) is 0 Å². The summed E-state index contributed by atoms with van der Waals surface area (Å²) in [6, 6.07) is 44.1. The van der Waals surface area contributed by atoms with Crippen molar-refractivity contribution in [3.8, 4) is 44.5 Å². The molecule has 0 spiro atoms. The van der Waals surface area contributed by atoms with Gasteiger partial charge < -0.3 is 9.97 Å². The van der Waals surface area contributed by atoms with Gasteiger partial charge in [-0.05, 0) is 74.3 Å². The van der Waals surface area contributed by atoms with E-state index in [1.165, 1.54) is 0 Å². The molecule has 56 heavy (non-hydrogen) atoms. The molecule has 4 nitrogen and oxygen atoms in total. The molecule has 5 heterocycles. The van der Waals surface area contributed by atoms with Gasteiger partial charge in [-0.1, -0.05) is 146 Å². The third-order valence-electron chi connectivity index (χ3n) is 9.66. The topological polar surface area (TPSA) is 54.0 Å². The second kappa shape index (κ2) is 14.6. The smallest absolute Gasteiger partial charge is 0.657 e. The molecule has 7 aromatic rings. The number of rotatable bonds is 6. The van der Waals surface area contributed by atoms with Gasteiger partial charge in [-0.25, -0.2) is 9.97 Å². The summed E-state index contributed by atoms with van der Waals surface area (Å²) in [7, 11) is 0. The summed E-state index contributed by atoms with van der Waals surface area (Å²) in [5, 5.41) is -4.95. The Kier molecular flexibility index (Phi) is 9.61. The molecule has 0 fully saturated rings. The van der Waals surface area contributed by atoms with Crippen LogP contribution in [0.4, 0.5) is 17.6 Å². The number of alkyl halides is 5. The van der Waals surface area contributed by atoms with Crippen LogP contribution in [0.15, 0.2) is 146 Å². The SMILES string of the molecule is FC(F)(Cl)C(F)(F)C1=Cc2nc1c(-c1ccccc1)c1ccc([n-]1)c(-c1ccccc1)c1nc(c(-c3ccccc3)c3ccc([n-]3)c2-c2ccccc2)C=C1.[Ni+2]. The molecule has 2 aliphatic heterocycles. The van der Waals surface area contributed by atoms with Crippen molar-refractivity contribution in [2.45, 2.75) is 11.3 Å². The molecule has 0 unspecified atom stereocenters. The van der Waals surface area contributed by atoms with Crippen LogP contribution in [-0.4, -0.2) is 21.3 Å². The predicted molar refractivity (Wildman–Crippen MR) is 213 cm³/mol. The Morgan fingerprint density at radius 3 is 1.14 bits per heavy atom. The van der Waals surface area contributed by atoms with E-state index >= 15 is 8.78 Å². The molecule has 0 saturated heterocycles. The van der Waals surface area contributed by atoms with Crippen molar-refractivity contribution in [3.63, 3.8) is 0 Å². The van der Waals surface area contributed by atoms with E-state index in [-0.39, 0.29) is 39.0 Å². The molecule has 8 bridgehead atoms. The van der Waals surface area contributed by atoms with Crippen LogP contribution in [0.5, 0.6) is 0 Å². The second-order valence-electron chi connectivity index (χ2n) is 13.1. The third-order valence-corrected chi connectivity index (χ3v) is 9.90. The number of nitrogens with zero attached hydrogens (tertiary/aromatic N) is 4. The number of halogens is 5. The average molecular weight is 806 g/mol. The number of fused-ring (bicyclic) bond motifs is 8. The fourth-order valence-electron chi connectivity index (χ4n) is 7.16. The Morgan fingerprint density at radius 1 is 0.429 bits per heavy atom. The quantitative estimate of drug-likeness (QED) is 0.0954. The Morgan fingerprint density at radius 2 is 0.768 bits per heavy atom. The molecule has 0 aliphatic carbocycles. The summed E-state index contributed by atoms with van der Waals surface area (Å²) in [6.45, 7) is 0. The van der Waals surface area contributed by atoms with Gasteiger partial charge in [-0.2, -0.15) is 17.6 Å². The van der Waals surface area contributed by atoms with E-state index in [9.17, 15) is 8.78 Å². The summed E-state index contributed by atoms with van der Waals surface area (Å²) in [4.78, 5) is 20.1. The van der Waals surface area contributed by atoms with Gasteiger partial charge >= 0.3 is 27.8 Å². The van der Waals surface area contributed by atoms with Crippen molar-refractivity contribution in [1.29, 1.82) is 0 Å². The summed E-state index contributed by atoms with van der Waals surface area (Å²) in [6.07, 6.45) is 4.87. The number of hydrogen-bond donors (Lipinski definition) is 0. The second-order valence-corrected chi connectivity index (χ2v) is 13.6. The van der Waals surface area contributed by atoms with Crippen LogP contribution in [0, 0.1) is 0 Å². The van der Waals surface area contributed by atoms with Crippen LogP contribution in [0.3, 0.4) is 0 Å². The van der Waals surface area contributed by atoms with Gasteiger partial charge in [0, 0.05) is 0 Å². The van der Waals surface area contributed by atoms with Crippen molar-refractivity contribution < 1.29 is 34.1 Å². The average Bonchev–Trinajstić information content (AvgIpc) is 4.03. The Balaban J connectivity index is 0.00000441. The van der Waals surface area contributed by atoms with Crippen molar-refractivity contribution >= 4 is 57.5 Å². The molecule has 4 aromatic carbocycles. The zero-order valence-electron chi connectivity index (χ0n) is 29.1. The molecule has 0 saturated carbocycles. The number of allylic oxidation sites excluding steroid dienone is 1. The van der Waals surface area contributed by atoms with Gasteiger partial charge in [0.2, 0.25) is 0 Å². The van der Waals surface area contributed by atoms with Gasteiger partial charge in [0.25, 0.3) is 0 Å². The van der Waals surface area contributed by atoms with Gasteiger partial charge in [0.1, 0.15) is 0 Å². The minimum Gasteiger partial charge on any atom is -0.657 e. The normalized spacial score (nSPS) is 12.6. The van der Waals surface area contributed by atoms with Gasteiger partial charge in [-0.15, -0.1) is 22.1 Å². The molecule has 3 aromatic heterocycles. The van der Waals surface area contributed by atoms with Crippen LogP contribution in [0.1, 0.15) is 22.8 Å². The van der Waals surface area contributed by atoms with E-state index < -0.39 is 16.9 Å². The molecule has 0 radical (unpaired) electrons. The summed E-state index contributed by atoms with van der Waals surface area (Å²) in [5.41, 5.74) is 6.25. The van der Waals surface area contributed by atoms with Crippen molar-refractivity contribution in [1.82, 2.24) is 19.9 Å². The molecule has 0 N–H and O–H groups in total. The molecule has 9 rings (SSSR count). The van der Waals surface area contributed by atoms with Crippen molar-refractivity contribution in [2.75, 3.05) is 0 Å². The van der Waals surface area contributed by atoms with Gasteiger partial charge in [0.15, 0.2) is 0 Å². The first-order chi connectivity index (χ1) is 26.7. The van der Waals surface area contributed by atoms with Gasteiger partial charge in [-0.3, -0.25) is 0 Å². The molecule has 276 valence electrons. The molecular weight excluding hydrogens is 779 g/mol. The monoisotopic (exact) mass is 804 g/mol. The van der Waals surface area contributed by atoms with Crippen LogP contribution >= 0.6 is 11.6 Å². The van der Waals surface area contributed by atoms with Crippen LogP contribution in [0.25, 0.3) is 90.4 Å². The number of benzene rings is 4. The zero-order valence-corrected chi connectivity index (χ0v) is 30.8. The van der Waals surface area contributed by atoms with Crippen molar-refractivity contribution in [2.24, 2.45) is 0 Å². The predicted octanol–water partition coefficient (Wildman–Crippen LogP) is 12.4. The summed E-state index contributed by atoms with van der Waals surface area (Å²) >= 11 is 5.24.